The zero-order valence-corrected chi connectivity index (χ0v) is 22.8. The van der Waals surface area contributed by atoms with E-state index in [0.29, 0.717) is 37.0 Å². The van der Waals surface area contributed by atoms with Crippen LogP contribution in [0.3, 0.4) is 0 Å². The van der Waals surface area contributed by atoms with Crippen LogP contribution in [-0.2, 0) is 24.9 Å². The molecule has 9 nitrogen and oxygen atoms in total. The van der Waals surface area contributed by atoms with Crippen molar-refractivity contribution in [3.63, 3.8) is 0 Å². The molecule has 0 N–H and O–H groups in total. The van der Waals surface area contributed by atoms with Gasteiger partial charge in [-0.25, -0.2) is 9.78 Å². The normalized spacial score (nSPS) is 19.9. The summed E-state index contributed by atoms with van der Waals surface area (Å²) in [5.41, 5.74) is 1.55. The number of carbonyl (C=O) groups is 2. The second-order valence-electron chi connectivity index (χ2n) is 10.7. The van der Waals surface area contributed by atoms with Gasteiger partial charge in [-0.2, -0.15) is 0 Å². The molecule has 3 aromatic rings. The van der Waals surface area contributed by atoms with Crippen molar-refractivity contribution in [3.05, 3.63) is 78.2 Å². The van der Waals surface area contributed by atoms with Crippen LogP contribution in [0.25, 0.3) is 0 Å². The van der Waals surface area contributed by atoms with Crippen LogP contribution in [0.4, 0.5) is 18.0 Å². The summed E-state index contributed by atoms with van der Waals surface area (Å²) >= 11 is 0. The summed E-state index contributed by atoms with van der Waals surface area (Å²) in [5.74, 6) is 0.688. The lowest BCUT2D eigenvalue weighted by molar-refractivity contribution is -0.274. The van der Waals surface area contributed by atoms with Crippen molar-refractivity contribution in [1.82, 2.24) is 24.3 Å². The first-order valence-electron chi connectivity index (χ1n) is 13.3. The minimum atomic E-state index is -4.81. The minimum Gasteiger partial charge on any atom is -0.406 e. The lowest BCUT2D eigenvalue weighted by atomic mass is 10.2. The van der Waals surface area contributed by atoms with Crippen molar-refractivity contribution in [1.29, 1.82) is 0 Å². The Kier molecular flexibility index (Phi) is 8.20. The number of alkyl halides is 3. The van der Waals surface area contributed by atoms with E-state index in [1.54, 1.807) is 35.8 Å². The summed E-state index contributed by atoms with van der Waals surface area (Å²) in [6, 6.07) is 15.4. The molecule has 1 aliphatic heterocycles. The number of ether oxygens (including phenoxy) is 2. The molecule has 2 unspecified atom stereocenters. The molecule has 1 aliphatic carbocycles. The Hall–Kier alpha value is -4.06. The Balaban J connectivity index is 1.18. The number of fused-ring (bicyclic) bond motifs is 1. The standard InChI is InChI=1S/C29H32F3N5O4/c1-34-17-26(33-19-34)40-28(39)37(13-21-9-6-10-22(11-21)41-29(30,31)32)16-25-23-14-36(15-24(23)25)18-27(38)35(2)12-20-7-4-3-5-8-20/h3-11,17,19,23-25H,12-16,18H2,1-2H3. The highest BCUT2D eigenvalue weighted by Gasteiger charge is 2.56. The molecule has 1 aromatic heterocycles. The molecule has 1 saturated heterocycles. The fourth-order valence-electron chi connectivity index (χ4n) is 5.51. The zero-order valence-electron chi connectivity index (χ0n) is 22.8. The molecule has 12 heteroatoms. The third-order valence-corrected chi connectivity index (χ3v) is 7.56. The summed E-state index contributed by atoms with van der Waals surface area (Å²) in [6.07, 6.45) is -2.39. The third-order valence-electron chi connectivity index (χ3n) is 7.56. The maximum absolute atomic E-state index is 13.1. The largest absolute Gasteiger partial charge is 0.573 e. The van der Waals surface area contributed by atoms with Gasteiger partial charge in [-0.05, 0) is 41.0 Å². The summed E-state index contributed by atoms with van der Waals surface area (Å²) in [6.45, 7) is 2.80. The smallest absolute Gasteiger partial charge is 0.406 e. The molecular formula is C29H32F3N5O4. The van der Waals surface area contributed by atoms with Crippen molar-refractivity contribution in [2.24, 2.45) is 24.8 Å². The first-order valence-corrected chi connectivity index (χ1v) is 13.3. The van der Waals surface area contributed by atoms with Gasteiger partial charge in [0.25, 0.3) is 0 Å². The number of likely N-dealkylation sites (tertiary alicyclic amines) is 1. The summed E-state index contributed by atoms with van der Waals surface area (Å²) in [5, 5.41) is 0. The quantitative estimate of drug-likeness (QED) is 0.364. The van der Waals surface area contributed by atoms with E-state index in [0.717, 1.165) is 18.7 Å². The van der Waals surface area contributed by atoms with Gasteiger partial charge in [-0.3, -0.25) is 9.69 Å². The average Bonchev–Trinajstić information content (AvgIpc) is 3.19. The molecule has 2 fully saturated rings. The van der Waals surface area contributed by atoms with Gasteiger partial charge in [0.2, 0.25) is 11.8 Å². The second kappa shape index (κ2) is 11.8. The topological polar surface area (TPSA) is 80.1 Å². The van der Waals surface area contributed by atoms with Crippen LogP contribution in [0, 0.1) is 17.8 Å². The van der Waals surface area contributed by atoms with E-state index in [1.165, 1.54) is 29.4 Å². The van der Waals surface area contributed by atoms with E-state index < -0.39 is 12.5 Å². The van der Waals surface area contributed by atoms with Gasteiger partial charge < -0.3 is 23.8 Å². The predicted molar refractivity (Wildman–Crippen MR) is 143 cm³/mol. The molecular weight excluding hydrogens is 539 g/mol. The molecule has 0 bridgehead atoms. The van der Waals surface area contributed by atoms with Gasteiger partial charge >= 0.3 is 12.5 Å². The van der Waals surface area contributed by atoms with Gasteiger partial charge in [0, 0.05) is 46.8 Å². The molecule has 1 saturated carbocycles. The van der Waals surface area contributed by atoms with E-state index in [9.17, 15) is 22.8 Å². The van der Waals surface area contributed by atoms with E-state index in [4.69, 9.17) is 4.74 Å². The highest BCUT2D eigenvalue weighted by molar-refractivity contribution is 5.78. The van der Waals surface area contributed by atoms with Crippen LogP contribution in [-0.4, -0.2) is 75.8 Å². The fourth-order valence-corrected chi connectivity index (χ4v) is 5.51. The first-order chi connectivity index (χ1) is 19.5. The number of rotatable bonds is 10. The Morgan fingerprint density at radius 2 is 1.73 bits per heavy atom. The van der Waals surface area contributed by atoms with Crippen molar-refractivity contribution in [3.8, 4) is 11.6 Å². The number of imidazole rings is 1. The third kappa shape index (κ3) is 7.57. The molecule has 2 aromatic carbocycles. The van der Waals surface area contributed by atoms with Gasteiger partial charge in [0.1, 0.15) is 5.75 Å². The summed E-state index contributed by atoms with van der Waals surface area (Å²) < 4.78 is 49.3. The van der Waals surface area contributed by atoms with Crippen molar-refractivity contribution in [2.45, 2.75) is 19.5 Å². The molecule has 5 rings (SSSR count). The number of nitrogens with zero attached hydrogens (tertiary/aromatic N) is 5. The van der Waals surface area contributed by atoms with Gasteiger partial charge in [-0.15, -0.1) is 13.2 Å². The molecule has 2 heterocycles. The van der Waals surface area contributed by atoms with Crippen LogP contribution in [0.1, 0.15) is 11.1 Å². The molecule has 0 spiro atoms. The van der Waals surface area contributed by atoms with Crippen LogP contribution in [0.15, 0.2) is 67.1 Å². The SMILES string of the molecule is CN(Cc1ccccc1)C(=O)CN1CC2C(C1)C2CN(Cc1cccc(OC(F)(F)F)c1)C(=O)Oc1cn(C)cn1. The van der Waals surface area contributed by atoms with Crippen LogP contribution >= 0.6 is 0 Å². The minimum absolute atomic E-state index is 0.0448. The number of aromatic nitrogens is 2. The lowest BCUT2D eigenvalue weighted by Gasteiger charge is -2.26. The maximum atomic E-state index is 13.1. The Bertz CT molecular complexity index is 1350. The maximum Gasteiger partial charge on any atom is 0.573 e. The molecule has 2 atom stereocenters. The molecule has 218 valence electrons. The average molecular weight is 572 g/mol. The van der Waals surface area contributed by atoms with Crippen LogP contribution in [0.2, 0.25) is 0 Å². The van der Waals surface area contributed by atoms with E-state index in [2.05, 4.69) is 14.6 Å². The predicted octanol–water partition coefficient (Wildman–Crippen LogP) is 4.16. The number of amides is 2. The van der Waals surface area contributed by atoms with Crippen molar-refractivity contribution >= 4 is 12.0 Å². The number of aryl methyl sites for hydroxylation is 1. The summed E-state index contributed by atoms with van der Waals surface area (Å²) in [7, 11) is 3.55. The fraction of sp³-hybridized carbons (Fsp3) is 0.414. The van der Waals surface area contributed by atoms with Crippen molar-refractivity contribution in [2.75, 3.05) is 33.2 Å². The van der Waals surface area contributed by atoms with Gasteiger partial charge in [-0.1, -0.05) is 42.5 Å². The molecule has 2 aliphatic rings. The van der Waals surface area contributed by atoms with E-state index in [1.807, 2.05) is 30.3 Å². The van der Waals surface area contributed by atoms with Crippen LogP contribution in [0.5, 0.6) is 11.6 Å². The zero-order chi connectivity index (χ0) is 29.1. The Morgan fingerprint density at radius 3 is 2.39 bits per heavy atom. The van der Waals surface area contributed by atoms with E-state index >= 15 is 0 Å². The highest BCUT2D eigenvalue weighted by Crippen LogP contribution is 2.52. The number of carbonyl (C=O) groups excluding carboxylic acids is 2. The summed E-state index contributed by atoms with van der Waals surface area (Å²) in [4.78, 5) is 35.3. The number of hydrogen-bond donors (Lipinski definition) is 0. The number of benzene rings is 2. The van der Waals surface area contributed by atoms with Crippen molar-refractivity contribution < 1.29 is 32.2 Å². The van der Waals surface area contributed by atoms with Crippen LogP contribution < -0.4 is 9.47 Å². The second-order valence-corrected chi connectivity index (χ2v) is 10.7. The Labute approximate surface area is 236 Å². The van der Waals surface area contributed by atoms with Gasteiger partial charge in [0.05, 0.1) is 19.1 Å². The number of halogens is 3. The molecule has 2 amide bonds. The first kappa shape index (κ1) is 28.5. The number of likely N-dealkylation sites (N-methyl/N-ethyl adjacent to an activating group) is 1. The van der Waals surface area contributed by atoms with E-state index in [-0.39, 0.29) is 30.0 Å². The van der Waals surface area contributed by atoms with Gasteiger partial charge in [0.15, 0.2) is 0 Å². The Morgan fingerprint density at radius 1 is 1.02 bits per heavy atom. The number of piperidine rings is 1. The monoisotopic (exact) mass is 571 g/mol. The highest BCUT2D eigenvalue weighted by atomic mass is 19.4. The molecule has 41 heavy (non-hydrogen) atoms. The number of hydrogen-bond acceptors (Lipinski definition) is 6. The molecule has 0 radical (unpaired) electrons. The lowest BCUT2D eigenvalue weighted by Crippen LogP contribution is -2.40.